The van der Waals surface area contributed by atoms with Crippen LogP contribution in [0.5, 0.6) is 0 Å². The van der Waals surface area contributed by atoms with E-state index in [1.54, 1.807) is 6.07 Å². The number of fused-ring (bicyclic) bond motifs is 1. The molecule has 0 saturated carbocycles. The summed E-state index contributed by atoms with van der Waals surface area (Å²) < 4.78 is 13.1. The molecule has 0 saturated heterocycles. The zero-order valence-electron chi connectivity index (χ0n) is 11.5. The summed E-state index contributed by atoms with van der Waals surface area (Å²) in [6.07, 6.45) is 1.04. The van der Waals surface area contributed by atoms with Gasteiger partial charge in [-0.25, -0.2) is 4.39 Å². The summed E-state index contributed by atoms with van der Waals surface area (Å²) in [7, 11) is 0. The van der Waals surface area contributed by atoms with Crippen LogP contribution in [0.25, 0.3) is 0 Å². The van der Waals surface area contributed by atoms with Crippen molar-refractivity contribution in [3.8, 4) is 0 Å². The Morgan fingerprint density at radius 3 is 2.43 bits per heavy atom. The zero-order chi connectivity index (χ0) is 14.9. The predicted molar refractivity (Wildman–Crippen MR) is 77.5 cm³/mol. The van der Waals surface area contributed by atoms with Gasteiger partial charge >= 0.3 is 0 Å². The van der Waals surface area contributed by atoms with Crippen LogP contribution >= 0.6 is 0 Å². The van der Waals surface area contributed by atoms with Crippen LogP contribution in [-0.4, -0.2) is 23.2 Å². The first kappa shape index (κ1) is 13.8. The number of hydrogen-bond acceptors (Lipinski definition) is 2. The minimum Gasteiger partial charge on any atom is -0.387 e. The fraction of sp³-hybridized carbons (Fsp3) is 0.235. The van der Waals surface area contributed by atoms with Gasteiger partial charge in [0.25, 0.3) is 5.91 Å². The summed E-state index contributed by atoms with van der Waals surface area (Å²) in [4.78, 5) is 12.0. The van der Waals surface area contributed by atoms with Crippen LogP contribution in [-0.2, 0) is 12.8 Å². The Labute approximate surface area is 122 Å². The highest BCUT2D eigenvalue weighted by molar-refractivity contribution is 5.94. The molecule has 0 fully saturated rings. The molecule has 108 valence electrons. The molecule has 0 aliphatic heterocycles. The van der Waals surface area contributed by atoms with Crippen LogP contribution in [0.3, 0.4) is 0 Å². The van der Waals surface area contributed by atoms with E-state index in [1.807, 2.05) is 24.3 Å². The first-order valence-corrected chi connectivity index (χ1v) is 6.89. The lowest BCUT2D eigenvalue weighted by Crippen LogP contribution is -2.43. The molecule has 1 aliphatic carbocycles. The van der Waals surface area contributed by atoms with Crippen LogP contribution in [0.15, 0.2) is 48.5 Å². The van der Waals surface area contributed by atoms with Crippen molar-refractivity contribution in [3.05, 3.63) is 71.0 Å². The van der Waals surface area contributed by atoms with Crippen molar-refractivity contribution < 1.29 is 14.3 Å². The van der Waals surface area contributed by atoms with Gasteiger partial charge in [-0.1, -0.05) is 30.3 Å². The molecule has 1 amide bonds. The monoisotopic (exact) mass is 285 g/mol. The SMILES string of the molecule is O=C(NCC1(O)Cc2ccccc2C1)c1cccc(F)c1. The fourth-order valence-electron chi connectivity index (χ4n) is 2.78. The number of carbonyl (C=O) groups is 1. The number of benzene rings is 2. The summed E-state index contributed by atoms with van der Waals surface area (Å²) in [6.45, 7) is 0.150. The summed E-state index contributed by atoms with van der Waals surface area (Å²) in [6, 6.07) is 13.4. The van der Waals surface area contributed by atoms with Gasteiger partial charge in [0.2, 0.25) is 0 Å². The predicted octanol–water partition coefficient (Wildman–Crippen LogP) is 2.09. The van der Waals surface area contributed by atoms with Gasteiger partial charge in [-0.3, -0.25) is 4.79 Å². The Morgan fingerprint density at radius 2 is 1.81 bits per heavy atom. The minimum absolute atomic E-state index is 0.150. The minimum atomic E-state index is -0.966. The van der Waals surface area contributed by atoms with E-state index in [0.717, 1.165) is 11.1 Å². The maximum absolute atomic E-state index is 13.1. The first-order valence-electron chi connectivity index (χ1n) is 6.89. The van der Waals surface area contributed by atoms with Crippen LogP contribution < -0.4 is 5.32 Å². The van der Waals surface area contributed by atoms with Gasteiger partial charge in [0, 0.05) is 24.9 Å². The van der Waals surface area contributed by atoms with Crippen molar-refractivity contribution in [1.82, 2.24) is 5.32 Å². The van der Waals surface area contributed by atoms with Gasteiger partial charge < -0.3 is 10.4 Å². The average molecular weight is 285 g/mol. The lowest BCUT2D eigenvalue weighted by Gasteiger charge is -2.22. The number of carbonyl (C=O) groups excluding carboxylic acids is 1. The van der Waals surface area contributed by atoms with Crippen molar-refractivity contribution >= 4 is 5.91 Å². The summed E-state index contributed by atoms with van der Waals surface area (Å²) >= 11 is 0. The van der Waals surface area contributed by atoms with E-state index in [1.165, 1.54) is 18.2 Å². The number of rotatable bonds is 3. The first-order chi connectivity index (χ1) is 10.1. The average Bonchev–Trinajstić information content (AvgIpc) is 2.81. The van der Waals surface area contributed by atoms with E-state index < -0.39 is 11.4 Å². The fourth-order valence-corrected chi connectivity index (χ4v) is 2.78. The number of hydrogen-bond donors (Lipinski definition) is 2. The molecule has 0 bridgehead atoms. The maximum atomic E-state index is 13.1. The molecule has 0 unspecified atom stereocenters. The van der Waals surface area contributed by atoms with Gasteiger partial charge in [-0.15, -0.1) is 0 Å². The van der Waals surface area contributed by atoms with Crippen molar-refractivity contribution in [1.29, 1.82) is 0 Å². The molecule has 1 aliphatic rings. The third kappa shape index (κ3) is 2.95. The van der Waals surface area contributed by atoms with Crippen LogP contribution in [0.2, 0.25) is 0 Å². The second kappa shape index (κ2) is 5.30. The molecule has 0 spiro atoms. The second-order valence-corrected chi connectivity index (χ2v) is 5.54. The Bertz CT molecular complexity index is 659. The van der Waals surface area contributed by atoms with E-state index in [9.17, 15) is 14.3 Å². The molecule has 3 rings (SSSR count). The molecule has 21 heavy (non-hydrogen) atoms. The number of amides is 1. The molecule has 2 aromatic carbocycles. The van der Waals surface area contributed by atoms with Gasteiger partial charge in [0.05, 0.1) is 5.60 Å². The van der Waals surface area contributed by atoms with Crippen molar-refractivity contribution in [2.75, 3.05) is 6.54 Å². The third-order valence-corrected chi connectivity index (χ3v) is 3.82. The zero-order valence-corrected chi connectivity index (χ0v) is 11.5. The number of aliphatic hydroxyl groups is 1. The molecule has 2 N–H and O–H groups in total. The highest BCUT2D eigenvalue weighted by Gasteiger charge is 2.35. The third-order valence-electron chi connectivity index (χ3n) is 3.82. The number of nitrogens with one attached hydrogen (secondary N) is 1. The Morgan fingerprint density at radius 1 is 1.14 bits per heavy atom. The van der Waals surface area contributed by atoms with E-state index in [2.05, 4.69) is 5.32 Å². The maximum Gasteiger partial charge on any atom is 0.251 e. The number of halogens is 1. The van der Waals surface area contributed by atoms with Gasteiger partial charge in [0.1, 0.15) is 5.82 Å². The van der Waals surface area contributed by atoms with Crippen LogP contribution in [0.1, 0.15) is 21.5 Å². The Balaban J connectivity index is 1.65. The molecule has 0 aromatic heterocycles. The molecule has 2 aromatic rings. The Kier molecular flexibility index (Phi) is 3.47. The molecule has 3 nitrogen and oxygen atoms in total. The van der Waals surface area contributed by atoms with Crippen molar-refractivity contribution in [2.24, 2.45) is 0 Å². The quantitative estimate of drug-likeness (QED) is 0.907. The molecular weight excluding hydrogens is 269 g/mol. The summed E-state index contributed by atoms with van der Waals surface area (Å²) in [5, 5.41) is 13.3. The smallest absolute Gasteiger partial charge is 0.251 e. The lowest BCUT2D eigenvalue weighted by molar-refractivity contribution is 0.0479. The van der Waals surface area contributed by atoms with E-state index in [0.29, 0.717) is 12.8 Å². The molecular formula is C17H16FNO2. The molecule has 4 heteroatoms. The van der Waals surface area contributed by atoms with E-state index >= 15 is 0 Å². The molecule has 0 atom stereocenters. The van der Waals surface area contributed by atoms with E-state index in [-0.39, 0.29) is 18.0 Å². The van der Waals surface area contributed by atoms with Crippen molar-refractivity contribution in [2.45, 2.75) is 18.4 Å². The summed E-state index contributed by atoms with van der Waals surface area (Å²) in [5.41, 5.74) is 1.52. The van der Waals surface area contributed by atoms with Gasteiger partial charge in [0.15, 0.2) is 0 Å². The normalized spacial score (nSPS) is 15.5. The van der Waals surface area contributed by atoms with Crippen LogP contribution in [0.4, 0.5) is 4.39 Å². The Hall–Kier alpha value is -2.20. The molecule has 0 heterocycles. The topological polar surface area (TPSA) is 49.3 Å². The van der Waals surface area contributed by atoms with E-state index in [4.69, 9.17) is 0 Å². The highest BCUT2D eigenvalue weighted by atomic mass is 19.1. The second-order valence-electron chi connectivity index (χ2n) is 5.54. The lowest BCUT2D eigenvalue weighted by atomic mass is 10.0. The van der Waals surface area contributed by atoms with Gasteiger partial charge in [-0.05, 0) is 29.3 Å². The van der Waals surface area contributed by atoms with Gasteiger partial charge in [-0.2, -0.15) is 0 Å². The highest BCUT2D eigenvalue weighted by Crippen LogP contribution is 2.29. The van der Waals surface area contributed by atoms with Crippen LogP contribution in [0, 0.1) is 5.82 Å². The molecule has 0 radical (unpaired) electrons. The largest absolute Gasteiger partial charge is 0.387 e. The summed E-state index contributed by atoms with van der Waals surface area (Å²) in [5.74, 6) is -0.825. The standard InChI is InChI=1S/C17H16FNO2/c18-15-7-3-6-12(8-15)16(20)19-11-17(21)9-13-4-1-2-5-14(13)10-17/h1-8,21H,9-11H2,(H,19,20). The van der Waals surface area contributed by atoms with Crippen molar-refractivity contribution in [3.63, 3.8) is 0 Å².